The van der Waals surface area contributed by atoms with Crippen molar-refractivity contribution >= 4 is 19.8 Å². The first kappa shape index (κ1) is 50.7. The molecule has 0 aromatic rings. The lowest BCUT2D eigenvalue weighted by molar-refractivity contribution is -0.161. The second-order valence-electron chi connectivity index (χ2n) is 13.5. The van der Waals surface area contributed by atoms with Gasteiger partial charge in [0.05, 0.1) is 19.8 Å². The van der Waals surface area contributed by atoms with Crippen LogP contribution in [0, 0.1) is 0 Å². The van der Waals surface area contributed by atoms with E-state index in [9.17, 15) is 24.2 Å². The molecular formula is C42H73O10P. The number of ether oxygens (including phenoxy) is 2. The number of phosphoric ester groups is 1. The van der Waals surface area contributed by atoms with Crippen molar-refractivity contribution in [1.82, 2.24) is 0 Å². The SMILES string of the molecule is C=CCCCCCCCCCCCCCCCC(=O)OC[C@H](COP(=O)(O)OC[C@@H](O)CO)OC(=O)CCCCCCC/C=C/C=C/C=C/C=C/CC. The lowest BCUT2D eigenvalue weighted by atomic mass is 10.0. The Balaban J connectivity index is 4.36. The monoisotopic (exact) mass is 768 g/mol. The minimum atomic E-state index is -4.62. The summed E-state index contributed by atoms with van der Waals surface area (Å²) in [6.07, 6.45) is 39.3. The number of phosphoric acid groups is 1. The largest absolute Gasteiger partial charge is 0.472 e. The van der Waals surface area contributed by atoms with E-state index in [1.165, 1.54) is 57.8 Å². The van der Waals surface area contributed by atoms with Gasteiger partial charge in [-0.25, -0.2) is 4.57 Å². The van der Waals surface area contributed by atoms with Crippen molar-refractivity contribution in [2.45, 2.75) is 167 Å². The molecule has 10 nitrogen and oxygen atoms in total. The van der Waals surface area contributed by atoms with Gasteiger partial charge in [0.15, 0.2) is 6.10 Å². The summed E-state index contributed by atoms with van der Waals surface area (Å²) in [6.45, 7) is 3.71. The summed E-state index contributed by atoms with van der Waals surface area (Å²) in [5, 5.41) is 18.3. The van der Waals surface area contributed by atoms with E-state index in [1.807, 2.05) is 42.5 Å². The van der Waals surface area contributed by atoms with Crippen LogP contribution in [0.4, 0.5) is 0 Å². The van der Waals surface area contributed by atoms with Crippen LogP contribution in [-0.2, 0) is 32.7 Å². The molecule has 0 heterocycles. The van der Waals surface area contributed by atoms with Gasteiger partial charge < -0.3 is 24.6 Å². The van der Waals surface area contributed by atoms with Gasteiger partial charge in [-0.1, -0.05) is 151 Å². The maximum Gasteiger partial charge on any atom is 0.472 e. The fraction of sp³-hybridized carbons (Fsp3) is 0.714. The Bertz CT molecular complexity index is 1050. The topological polar surface area (TPSA) is 149 Å². The molecule has 306 valence electrons. The number of hydrogen-bond acceptors (Lipinski definition) is 9. The third-order valence-electron chi connectivity index (χ3n) is 8.40. The molecule has 1 unspecified atom stereocenters. The predicted molar refractivity (Wildman–Crippen MR) is 214 cm³/mol. The Morgan fingerprint density at radius 3 is 1.60 bits per heavy atom. The normalized spacial score (nSPS) is 14.3. The van der Waals surface area contributed by atoms with Crippen molar-refractivity contribution in [2.75, 3.05) is 26.4 Å². The van der Waals surface area contributed by atoms with Crippen LogP contribution in [0.25, 0.3) is 0 Å². The molecule has 3 atom stereocenters. The molecule has 0 amide bonds. The van der Waals surface area contributed by atoms with Crippen molar-refractivity contribution in [3.63, 3.8) is 0 Å². The molecule has 0 radical (unpaired) electrons. The minimum Gasteiger partial charge on any atom is -0.462 e. The van der Waals surface area contributed by atoms with Gasteiger partial charge in [-0.2, -0.15) is 0 Å². The van der Waals surface area contributed by atoms with Gasteiger partial charge in [-0.3, -0.25) is 18.6 Å². The number of esters is 2. The number of aliphatic hydroxyl groups excluding tert-OH is 2. The first-order chi connectivity index (χ1) is 25.7. The van der Waals surface area contributed by atoms with Crippen molar-refractivity contribution in [3.8, 4) is 0 Å². The summed E-state index contributed by atoms with van der Waals surface area (Å²) < 4.78 is 32.6. The molecule has 0 fully saturated rings. The molecule has 0 spiro atoms. The molecule has 0 saturated carbocycles. The van der Waals surface area contributed by atoms with E-state index < -0.39 is 51.8 Å². The van der Waals surface area contributed by atoms with Crippen LogP contribution in [-0.4, -0.2) is 65.7 Å². The summed E-state index contributed by atoms with van der Waals surface area (Å²) in [5.41, 5.74) is 0. The lowest BCUT2D eigenvalue weighted by Crippen LogP contribution is -2.29. The zero-order chi connectivity index (χ0) is 39.1. The van der Waals surface area contributed by atoms with E-state index in [0.717, 1.165) is 64.2 Å². The van der Waals surface area contributed by atoms with Crippen molar-refractivity contribution in [3.05, 3.63) is 61.3 Å². The van der Waals surface area contributed by atoms with Gasteiger partial charge in [0.1, 0.15) is 12.7 Å². The zero-order valence-electron chi connectivity index (χ0n) is 32.8. The van der Waals surface area contributed by atoms with Gasteiger partial charge in [0.2, 0.25) is 0 Å². The molecule has 11 heteroatoms. The number of unbranched alkanes of at least 4 members (excludes halogenated alkanes) is 18. The molecule has 53 heavy (non-hydrogen) atoms. The van der Waals surface area contributed by atoms with E-state index in [0.29, 0.717) is 12.8 Å². The Morgan fingerprint density at radius 2 is 1.08 bits per heavy atom. The Morgan fingerprint density at radius 1 is 0.623 bits per heavy atom. The van der Waals surface area contributed by atoms with E-state index in [4.69, 9.17) is 19.1 Å². The zero-order valence-corrected chi connectivity index (χ0v) is 33.7. The van der Waals surface area contributed by atoms with E-state index in [-0.39, 0.29) is 19.4 Å². The third kappa shape index (κ3) is 37.8. The molecule has 0 rings (SSSR count). The highest BCUT2D eigenvalue weighted by molar-refractivity contribution is 7.47. The highest BCUT2D eigenvalue weighted by Gasteiger charge is 2.27. The van der Waals surface area contributed by atoms with Crippen LogP contribution in [0.5, 0.6) is 0 Å². The highest BCUT2D eigenvalue weighted by Crippen LogP contribution is 2.43. The maximum absolute atomic E-state index is 12.6. The number of carbonyl (C=O) groups is 2. The van der Waals surface area contributed by atoms with Crippen molar-refractivity contribution in [2.24, 2.45) is 0 Å². The highest BCUT2D eigenvalue weighted by atomic mass is 31.2. The second-order valence-corrected chi connectivity index (χ2v) is 14.9. The number of rotatable bonds is 38. The predicted octanol–water partition coefficient (Wildman–Crippen LogP) is 10.3. The fourth-order valence-corrected chi connectivity index (χ4v) is 6.07. The minimum absolute atomic E-state index is 0.155. The van der Waals surface area contributed by atoms with Crippen molar-refractivity contribution < 1.29 is 47.8 Å². The van der Waals surface area contributed by atoms with E-state index in [2.05, 4.69) is 30.2 Å². The molecule has 0 bridgehead atoms. The first-order valence-corrected chi connectivity index (χ1v) is 21.7. The third-order valence-corrected chi connectivity index (χ3v) is 9.35. The standard InChI is InChI=1S/C42H73O10P/c1-3-5-7-9-11-13-15-17-19-21-23-25-27-29-31-33-41(45)49-37-40(38-51-53(47,48)50-36-39(44)35-43)52-42(46)34-32-30-28-26-24-22-20-18-16-14-12-10-8-6-4-2/h3,6,8,10,12,14,16,18,20,39-40,43-44H,1,4-5,7,9,11,13,15,17,19,21-38H2,2H3,(H,47,48)/b8-6+,12-10+,16-14+,20-18+/t39-,40+/m0/s1. The van der Waals surface area contributed by atoms with E-state index >= 15 is 0 Å². The summed E-state index contributed by atoms with van der Waals surface area (Å²) in [5.74, 6) is -0.958. The molecular weight excluding hydrogens is 695 g/mol. The number of hydrogen-bond donors (Lipinski definition) is 3. The molecule has 0 aliphatic rings. The Labute approximate surface area is 321 Å². The molecule has 0 aromatic carbocycles. The fourth-order valence-electron chi connectivity index (χ4n) is 5.28. The number of carbonyl (C=O) groups excluding carboxylic acids is 2. The quantitative estimate of drug-likeness (QED) is 0.0182. The average Bonchev–Trinajstić information content (AvgIpc) is 3.14. The summed E-state index contributed by atoms with van der Waals surface area (Å²) in [4.78, 5) is 34.9. The van der Waals surface area contributed by atoms with Gasteiger partial charge in [-0.15, -0.1) is 6.58 Å². The van der Waals surface area contributed by atoms with Crippen LogP contribution in [0.2, 0.25) is 0 Å². The van der Waals surface area contributed by atoms with Gasteiger partial charge in [0, 0.05) is 12.8 Å². The van der Waals surface area contributed by atoms with Crippen LogP contribution < -0.4 is 0 Å². The summed E-state index contributed by atoms with van der Waals surface area (Å²) in [6, 6.07) is 0. The first-order valence-electron chi connectivity index (χ1n) is 20.3. The Kier molecular flexibility index (Phi) is 36.3. The maximum atomic E-state index is 12.6. The number of aliphatic hydroxyl groups is 2. The molecule has 0 saturated heterocycles. The average molecular weight is 769 g/mol. The van der Waals surface area contributed by atoms with Crippen LogP contribution in [0.3, 0.4) is 0 Å². The van der Waals surface area contributed by atoms with Gasteiger partial charge >= 0.3 is 19.8 Å². The summed E-state index contributed by atoms with van der Waals surface area (Å²) >= 11 is 0. The molecule has 0 aliphatic heterocycles. The molecule has 3 N–H and O–H groups in total. The van der Waals surface area contributed by atoms with Crippen LogP contribution >= 0.6 is 7.82 Å². The van der Waals surface area contributed by atoms with Crippen LogP contribution in [0.1, 0.15) is 155 Å². The molecule has 0 aromatic heterocycles. The van der Waals surface area contributed by atoms with Gasteiger partial charge in [-0.05, 0) is 44.9 Å². The number of allylic oxidation sites excluding steroid dienone is 9. The summed E-state index contributed by atoms with van der Waals surface area (Å²) in [7, 11) is -4.62. The molecule has 0 aliphatic carbocycles. The smallest absolute Gasteiger partial charge is 0.462 e. The Hall–Kier alpha value is -2.33. The lowest BCUT2D eigenvalue weighted by Gasteiger charge is -2.20. The van der Waals surface area contributed by atoms with E-state index in [1.54, 1.807) is 0 Å². The van der Waals surface area contributed by atoms with Gasteiger partial charge in [0.25, 0.3) is 0 Å². The van der Waals surface area contributed by atoms with Crippen LogP contribution in [0.15, 0.2) is 61.3 Å². The second kappa shape index (κ2) is 38.0. The van der Waals surface area contributed by atoms with Crippen molar-refractivity contribution in [1.29, 1.82) is 0 Å².